The molecule has 2 aromatic rings. The van der Waals surface area contributed by atoms with Gasteiger partial charge in [0.2, 0.25) is 0 Å². The number of carbonyl (C=O) groups is 2. The molecule has 4 N–H and O–H groups in total. The Balaban J connectivity index is 2.02. The van der Waals surface area contributed by atoms with E-state index in [4.69, 9.17) is 0 Å². The lowest BCUT2D eigenvalue weighted by atomic mass is 9.98. The average Bonchev–Trinajstić information content (AvgIpc) is 2.64. The van der Waals surface area contributed by atoms with Crippen molar-refractivity contribution >= 4 is 11.9 Å². The fourth-order valence-electron chi connectivity index (χ4n) is 2.66. The molecule has 0 aliphatic rings. The third kappa shape index (κ3) is 6.01. The van der Waals surface area contributed by atoms with Crippen molar-refractivity contribution in [2.45, 2.75) is 39.3 Å². The van der Waals surface area contributed by atoms with Gasteiger partial charge in [0.05, 0.1) is 0 Å². The second-order valence-corrected chi connectivity index (χ2v) is 6.57. The van der Waals surface area contributed by atoms with E-state index >= 15 is 0 Å². The molecule has 2 aromatic carbocycles. The smallest absolute Gasteiger partial charge is 0.321 e. The van der Waals surface area contributed by atoms with Gasteiger partial charge in [-0.15, -0.1) is 0 Å². The zero-order valence-electron chi connectivity index (χ0n) is 15.7. The first-order valence-corrected chi connectivity index (χ1v) is 9.04. The third-order valence-electron chi connectivity index (χ3n) is 4.38. The van der Waals surface area contributed by atoms with E-state index in [9.17, 15) is 9.59 Å². The van der Waals surface area contributed by atoms with Crippen molar-refractivity contribution in [1.82, 2.24) is 10.6 Å². The van der Waals surface area contributed by atoms with E-state index in [1.165, 1.54) is 5.56 Å². The lowest BCUT2D eigenvalue weighted by Gasteiger charge is -2.17. The molecule has 5 nitrogen and oxygen atoms in total. The van der Waals surface area contributed by atoms with Crippen LogP contribution in [0, 0.1) is 6.92 Å². The molecule has 0 saturated carbocycles. The van der Waals surface area contributed by atoms with Crippen LogP contribution in [-0.2, 0) is 4.79 Å². The third-order valence-corrected chi connectivity index (χ3v) is 4.38. The quantitative estimate of drug-likeness (QED) is 0.713. The molecule has 0 unspecified atom stereocenters. The summed E-state index contributed by atoms with van der Waals surface area (Å²) in [6.45, 7) is 6.10. The number of quaternary nitrogens is 1. The summed E-state index contributed by atoms with van der Waals surface area (Å²) in [6, 6.07) is 17.9. The number of rotatable bonds is 7. The van der Waals surface area contributed by atoms with Crippen molar-refractivity contribution in [3.05, 3.63) is 71.3 Å². The number of hydrogen-bond acceptors (Lipinski definition) is 2. The van der Waals surface area contributed by atoms with Crippen molar-refractivity contribution in [2.24, 2.45) is 0 Å². The Morgan fingerprint density at radius 2 is 1.62 bits per heavy atom. The molecule has 0 aromatic heterocycles. The van der Waals surface area contributed by atoms with Gasteiger partial charge in [0.25, 0.3) is 5.91 Å². The maximum Gasteiger partial charge on any atom is 0.321 e. The highest BCUT2D eigenvalue weighted by molar-refractivity contribution is 5.94. The van der Waals surface area contributed by atoms with E-state index in [1.54, 1.807) is 0 Å². The fourth-order valence-corrected chi connectivity index (χ4v) is 2.66. The van der Waals surface area contributed by atoms with Crippen LogP contribution < -0.4 is 16.0 Å². The van der Waals surface area contributed by atoms with E-state index < -0.39 is 6.03 Å². The van der Waals surface area contributed by atoms with Gasteiger partial charge < -0.3 is 10.6 Å². The van der Waals surface area contributed by atoms with Crippen LogP contribution in [0.2, 0.25) is 0 Å². The Hall–Kier alpha value is -2.66. The zero-order chi connectivity index (χ0) is 18.9. The van der Waals surface area contributed by atoms with Gasteiger partial charge in [0.15, 0.2) is 6.54 Å². The molecule has 0 bridgehead atoms. The van der Waals surface area contributed by atoms with E-state index in [-0.39, 0.29) is 24.5 Å². The Kier molecular flexibility index (Phi) is 7.36. The normalized spacial score (nSPS) is 12.9. The van der Waals surface area contributed by atoms with Crippen molar-refractivity contribution in [3.8, 4) is 0 Å². The minimum absolute atomic E-state index is 0.000164. The summed E-state index contributed by atoms with van der Waals surface area (Å²) < 4.78 is 0. The molecule has 0 aliphatic carbocycles. The van der Waals surface area contributed by atoms with Crippen LogP contribution in [0.25, 0.3) is 0 Å². The standard InChI is InChI=1S/C21H27N3O2/c1-4-16(3)23-21(26)24-19(25)14-22-20(17-8-6-5-7-9-17)18-12-10-15(2)11-13-18/h5-13,16,20,22H,4,14H2,1-3H3,(H2,23,24,25,26)/p+1/t16-,20-/m0/s1. The molecule has 0 spiro atoms. The van der Waals surface area contributed by atoms with Gasteiger partial charge in [-0.1, -0.05) is 67.1 Å². The number of benzene rings is 2. The van der Waals surface area contributed by atoms with Gasteiger partial charge in [-0.2, -0.15) is 0 Å². The molecule has 138 valence electrons. The van der Waals surface area contributed by atoms with E-state index in [1.807, 2.05) is 44.3 Å². The Bertz CT molecular complexity index is 714. The Morgan fingerprint density at radius 3 is 2.23 bits per heavy atom. The van der Waals surface area contributed by atoms with E-state index in [0.717, 1.165) is 17.5 Å². The van der Waals surface area contributed by atoms with Crippen LogP contribution in [0.3, 0.4) is 0 Å². The van der Waals surface area contributed by atoms with E-state index in [0.29, 0.717) is 0 Å². The maximum absolute atomic E-state index is 12.1. The average molecular weight is 354 g/mol. The van der Waals surface area contributed by atoms with Crippen molar-refractivity contribution in [3.63, 3.8) is 0 Å². The molecule has 5 heteroatoms. The summed E-state index contributed by atoms with van der Waals surface area (Å²) in [6.07, 6.45) is 0.817. The van der Waals surface area contributed by atoms with Gasteiger partial charge in [0, 0.05) is 17.2 Å². The summed E-state index contributed by atoms with van der Waals surface area (Å²) in [5.41, 5.74) is 3.44. The van der Waals surface area contributed by atoms with Gasteiger partial charge >= 0.3 is 6.03 Å². The lowest BCUT2D eigenvalue weighted by molar-refractivity contribution is -0.676. The number of carbonyl (C=O) groups excluding carboxylic acids is 2. The number of urea groups is 1. The lowest BCUT2D eigenvalue weighted by Crippen LogP contribution is -2.88. The number of amides is 3. The second kappa shape index (κ2) is 9.73. The highest BCUT2D eigenvalue weighted by Crippen LogP contribution is 2.18. The highest BCUT2D eigenvalue weighted by atomic mass is 16.2. The van der Waals surface area contributed by atoms with E-state index in [2.05, 4.69) is 47.0 Å². The summed E-state index contributed by atoms with van der Waals surface area (Å²) in [5.74, 6) is -0.307. The zero-order valence-corrected chi connectivity index (χ0v) is 15.7. The minimum atomic E-state index is -0.440. The topological polar surface area (TPSA) is 74.8 Å². The monoisotopic (exact) mass is 354 g/mol. The molecule has 2 rings (SSSR count). The van der Waals surface area contributed by atoms with Crippen molar-refractivity contribution in [1.29, 1.82) is 0 Å². The van der Waals surface area contributed by atoms with Gasteiger partial charge in [-0.3, -0.25) is 10.1 Å². The highest BCUT2D eigenvalue weighted by Gasteiger charge is 2.19. The number of nitrogens with two attached hydrogens (primary N) is 1. The molecule has 2 atom stereocenters. The van der Waals surface area contributed by atoms with Crippen molar-refractivity contribution in [2.75, 3.05) is 6.54 Å². The Morgan fingerprint density at radius 1 is 1.00 bits per heavy atom. The SMILES string of the molecule is CC[C@H](C)NC(=O)NC(=O)C[NH2+][C@@H](c1ccccc1)c1ccc(C)cc1. The predicted molar refractivity (Wildman–Crippen MR) is 103 cm³/mol. The maximum atomic E-state index is 12.1. The van der Waals surface area contributed by atoms with Crippen LogP contribution in [0.15, 0.2) is 54.6 Å². The molecule has 0 heterocycles. The first kappa shape index (κ1) is 19.7. The molecule has 0 aliphatic heterocycles. The molecule has 0 radical (unpaired) electrons. The fraction of sp³-hybridized carbons (Fsp3) is 0.333. The first-order valence-electron chi connectivity index (χ1n) is 9.04. The van der Waals surface area contributed by atoms with Gasteiger partial charge in [-0.25, -0.2) is 4.79 Å². The molecule has 0 saturated heterocycles. The summed E-state index contributed by atoms with van der Waals surface area (Å²) >= 11 is 0. The van der Waals surface area contributed by atoms with Gasteiger partial charge in [0.1, 0.15) is 6.04 Å². The largest absolute Gasteiger partial charge is 0.335 e. The predicted octanol–water partition coefficient (Wildman–Crippen LogP) is 2.27. The summed E-state index contributed by atoms with van der Waals surface area (Å²) in [4.78, 5) is 23.9. The first-order chi connectivity index (χ1) is 12.5. The Labute approximate surface area is 155 Å². The molecule has 3 amide bonds. The second-order valence-electron chi connectivity index (χ2n) is 6.57. The molecular formula is C21H28N3O2+. The van der Waals surface area contributed by atoms with Crippen molar-refractivity contribution < 1.29 is 14.9 Å². The number of aryl methyl sites for hydroxylation is 1. The van der Waals surface area contributed by atoms with Gasteiger partial charge in [-0.05, 0) is 20.3 Å². The van der Waals surface area contributed by atoms with Crippen LogP contribution in [0.4, 0.5) is 4.79 Å². The molecule has 26 heavy (non-hydrogen) atoms. The number of nitrogens with one attached hydrogen (secondary N) is 2. The van der Waals surface area contributed by atoms with Crippen LogP contribution in [-0.4, -0.2) is 24.5 Å². The minimum Gasteiger partial charge on any atom is -0.335 e. The molecule has 0 fully saturated rings. The summed E-state index contributed by atoms with van der Waals surface area (Å²) in [5, 5.41) is 7.08. The van der Waals surface area contributed by atoms with Crippen LogP contribution in [0.5, 0.6) is 0 Å². The molecular weight excluding hydrogens is 326 g/mol. The number of imide groups is 1. The number of hydrogen-bond donors (Lipinski definition) is 3. The van der Waals surface area contributed by atoms with Crippen LogP contribution in [0.1, 0.15) is 43.0 Å². The van der Waals surface area contributed by atoms with Crippen LogP contribution >= 0.6 is 0 Å². The summed E-state index contributed by atoms with van der Waals surface area (Å²) in [7, 11) is 0.